The number of nitrogens with one attached hydrogen (secondary N) is 1. The number of alkyl halides is 3. The van der Waals surface area contributed by atoms with E-state index in [0.717, 1.165) is 23.3 Å². The molecule has 0 bridgehead atoms. The molecule has 3 aromatic rings. The zero-order valence-electron chi connectivity index (χ0n) is 23.0. The first-order valence-corrected chi connectivity index (χ1v) is 15.4. The van der Waals surface area contributed by atoms with Crippen molar-refractivity contribution < 1.29 is 45.4 Å². The molecule has 1 N–H and O–H groups in total. The number of nitrogens with zero attached hydrogens (tertiary/aromatic N) is 2. The monoisotopic (exact) mass is 627 g/mol. The summed E-state index contributed by atoms with van der Waals surface area (Å²) in [5.74, 6) is -1.24. The molecule has 10 nitrogen and oxygen atoms in total. The maximum atomic E-state index is 13.7. The standard InChI is InChI=1S/C27H28F3N3O7S2/c1-4-40-25(35)23-16-7-5-8-20(16)41-24(23)33-22(34)9-6-12-42(36,37)26-31-17(14-21(32-26)27(28,29)30)15-10-11-18(38-2)19(13-15)39-3/h10-11,13-14H,4-9,12H2,1-3H3,(H,33,34). The predicted molar refractivity (Wildman–Crippen MR) is 148 cm³/mol. The largest absolute Gasteiger partial charge is 0.493 e. The summed E-state index contributed by atoms with van der Waals surface area (Å²) in [6.45, 7) is 1.84. The number of carbonyl (C=O) groups excluding carboxylic acids is 2. The van der Waals surface area contributed by atoms with Crippen molar-refractivity contribution in [2.75, 3.05) is 31.9 Å². The molecule has 0 fully saturated rings. The van der Waals surface area contributed by atoms with Gasteiger partial charge in [0.2, 0.25) is 20.9 Å². The lowest BCUT2D eigenvalue weighted by molar-refractivity contribution is -0.141. The number of aryl methyl sites for hydroxylation is 1. The van der Waals surface area contributed by atoms with Crippen molar-refractivity contribution in [2.24, 2.45) is 0 Å². The number of aromatic nitrogens is 2. The summed E-state index contributed by atoms with van der Waals surface area (Å²) in [7, 11) is -1.69. The van der Waals surface area contributed by atoms with Crippen molar-refractivity contribution in [3.63, 3.8) is 0 Å². The molecule has 1 aromatic carbocycles. The van der Waals surface area contributed by atoms with Gasteiger partial charge in [0.15, 0.2) is 11.5 Å². The van der Waals surface area contributed by atoms with Gasteiger partial charge in [-0.05, 0) is 62.4 Å². The molecule has 4 rings (SSSR count). The zero-order chi connectivity index (χ0) is 30.7. The van der Waals surface area contributed by atoms with Crippen LogP contribution in [0.5, 0.6) is 11.5 Å². The van der Waals surface area contributed by atoms with Crippen molar-refractivity contribution in [1.29, 1.82) is 0 Å². The summed E-state index contributed by atoms with van der Waals surface area (Å²) in [6, 6.07) is 4.88. The summed E-state index contributed by atoms with van der Waals surface area (Å²) in [6.07, 6.45) is -3.08. The molecule has 0 radical (unpaired) electrons. The Morgan fingerprint density at radius 1 is 1.07 bits per heavy atom. The first-order chi connectivity index (χ1) is 19.9. The maximum absolute atomic E-state index is 13.7. The number of methoxy groups -OCH3 is 2. The Kier molecular flexibility index (Phi) is 9.40. The van der Waals surface area contributed by atoms with E-state index < -0.39 is 44.5 Å². The summed E-state index contributed by atoms with van der Waals surface area (Å²) in [5, 5.41) is 1.99. The number of hydrogen-bond donors (Lipinski definition) is 1. The fourth-order valence-corrected chi connectivity index (χ4v) is 6.94. The van der Waals surface area contributed by atoms with Gasteiger partial charge in [0.05, 0.1) is 37.8 Å². The van der Waals surface area contributed by atoms with Crippen LogP contribution in [-0.4, -0.2) is 56.8 Å². The van der Waals surface area contributed by atoms with Crippen LogP contribution in [0.4, 0.5) is 18.2 Å². The van der Waals surface area contributed by atoms with Gasteiger partial charge in [0.25, 0.3) is 0 Å². The minimum absolute atomic E-state index is 0.150. The Morgan fingerprint density at radius 2 is 1.81 bits per heavy atom. The summed E-state index contributed by atoms with van der Waals surface area (Å²) < 4.78 is 82.5. The Labute approximate surface area is 244 Å². The van der Waals surface area contributed by atoms with Gasteiger partial charge in [-0.2, -0.15) is 13.2 Å². The summed E-state index contributed by atoms with van der Waals surface area (Å²) in [4.78, 5) is 33.4. The highest BCUT2D eigenvalue weighted by Gasteiger charge is 2.35. The Balaban J connectivity index is 1.52. The Hall–Kier alpha value is -3.72. The number of rotatable bonds is 11. The third kappa shape index (κ3) is 6.84. The molecule has 1 aliphatic carbocycles. The molecular weight excluding hydrogens is 599 g/mol. The van der Waals surface area contributed by atoms with E-state index in [1.54, 1.807) is 6.92 Å². The zero-order valence-corrected chi connectivity index (χ0v) is 24.6. The summed E-state index contributed by atoms with van der Waals surface area (Å²) in [5.41, 5.74) is -0.405. The average molecular weight is 628 g/mol. The fraction of sp³-hybridized carbons (Fsp3) is 0.407. The quantitative estimate of drug-likeness (QED) is 0.228. The van der Waals surface area contributed by atoms with Gasteiger partial charge >= 0.3 is 12.1 Å². The van der Waals surface area contributed by atoms with Crippen LogP contribution in [0.15, 0.2) is 29.4 Å². The van der Waals surface area contributed by atoms with Crippen LogP contribution in [0.3, 0.4) is 0 Å². The van der Waals surface area contributed by atoms with Crippen LogP contribution in [0.2, 0.25) is 0 Å². The molecule has 1 aliphatic rings. The molecule has 0 aliphatic heterocycles. The molecule has 0 saturated heterocycles. The van der Waals surface area contributed by atoms with Gasteiger partial charge in [0.1, 0.15) is 10.7 Å². The minimum Gasteiger partial charge on any atom is -0.493 e. The van der Waals surface area contributed by atoms with E-state index in [2.05, 4.69) is 15.3 Å². The van der Waals surface area contributed by atoms with E-state index in [0.29, 0.717) is 28.8 Å². The van der Waals surface area contributed by atoms with Crippen LogP contribution < -0.4 is 14.8 Å². The highest BCUT2D eigenvalue weighted by molar-refractivity contribution is 7.91. The average Bonchev–Trinajstić information content (AvgIpc) is 3.52. The molecule has 0 unspecified atom stereocenters. The number of carbonyl (C=O) groups is 2. The highest BCUT2D eigenvalue weighted by atomic mass is 32.2. The van der Waals surface area contributed by atoms with Gasteiger partial charge in [-0.15, -0.1) is 11.3 Å². The SMILES string of the molecule is CCOC(=O)c1c(NC(=O)CCCS(=O)(=O)c2nc(-c3ccc(OC)c(OC)c3)cc(C(F)(F)F)n2)sc2c1CCC2. The number of fused-ring (bicyclic) bond motifs is 1. The number of ether oxygens (including phenoxy) is 3. The van der Waals surface area contributed by atoms with Gasteiger partial charge in [-0.3, -0.25) is 4.79 Å². The molecular formula is C27H28F3N3O7S2. The van der Waals surface area contributed by atoms with Gasteiger partial charge < -0.3 is 19.5 Å². The predicted octanol–water partition coefficient (Wildman–Crippen LogP) is 5.10. The molecule has 226 valence electrons. The van der Waals surface area contributed by atoms with E-state index in [1.807, 2.05) is 0 Å². The molecule has 15 heteroatoms. The number of benzene rings is 1. The lowest BCUT2D eigenvalue weighted by Crippen LogP contribution is -2.19. The van der Waals surface area contributed by atoms with Crippen molar-refractivity contribution in [2.45, 2.75) is 50.4 Å². The first-order valence-electron chi connectivity index (χ1n) is 12.9. The van der Waals surface area contributed by atoms with E-state index in [1.165, 1.54) is 43.8 Å². The van der Waals surface area contributed by atoms with Crippen molar-refractivity contribution in [3.05, 3.63) is 46.0 Å². The number of hydrogen-bond acceptors (Lipinski definition) is 10. The second kappa shape index (κ2) is 12.7. The van der Waals surface area contributed by atoms with Gasteiger partial charge in [-0.1, -0.05) is 0 Å². The smallest absolute Gasteiger partial charge is 0.433 e. The molecule has 42 heavy (non-hydrogen) atoms. The Morgan fingerprint density at radius 3 is 2.48 bits per heavy atom. The molecule has 0 atom stereocenters. The van der Waals surface area contributed by atoms with Crippen LogP contribution in [0.1, 0.15) is 52.7 Å². The topological polar surface area (TPSA) is 134 Å². The van der Waals surface area contributed by atoms with Crippen molar-refractivity contribution >= 4 is 38.1 Å². The van der Waals surface area contributed by atoms with E-state index in [-0.39, 0.29) is 36.5 Å². The van der Waals surface area contributed by atoms with Gasteiger partial charge in [-0.25, -0.2) is 23.2 Å². The normalized spacial score (nSPS) is 13.0. The van der Waals surface area contributed by atoms with Gasteiger partial charge in [0, 0.05) is 16.9 Å². The number of esters is 1. The molecule has 1 amide bonds. The number of amides is 1. The minimum atomic E-state index is -4.95. The molecule has 0 saturated carbocycles. The van der Waals surface area contributed by atoms with Crippen LogP contribution in [-0.2, 0) is 38.4 Å². The first kappa shape index (κ1) is 31.2. The Bertz CT molecular complexity index is 1600. The lowest BCUT2D eigenvalue weighted by atomic mass is 10.1. The molecule has 2 aromatic heterocycles. The third-order valence-electron chi connectivity index (χ3n) is 6.42. The summed E-state index contributed by atoms with van der Waals surface area (Å²) >= 11 is 1.28. The fourth-order valence-electron chi connectivity index (χ4n) is 4.47. The van der Waals surface area contributed by atoms with Crippen molar-refractivity contribution in [1.82, 2.24) is 9.97 Å². The third-order valence-corrected chi connectivity index (χ3v) is 9.20. The molecule has 2 heterocycles. The second-order valence-electron chi connectivity index (χ2n) is 9.24. The number of anilines is 1. The number of halogens is 3. The number of sulfone groups is 1. The lowest BCUT2D eigenvalue weighted by Gasteiger charge is -2.13. The number of thiophene rings is 1. The van der Waals surface area contributed by atoms with Crippen LogP contribution in [0, 0.1) is 0 Å². The van der Waals surface area contributed by atoms with E-state index in [9.17, 15) is 31.2 Å². The van der Waals surface area contributed by atoms with E-state index >= 15 is 0 Å². The van der Waals surface area contributed by atoms with Crippen LogP contribution >= 0.6 is 11.3 Å². The molecule has 0 spiro atoms. The highest BCUT2D eigenvalue weighted by Crippen LogP contribution is 2.40. The van der Waals surface area contributed by atoms with E-state index in [4.69, 9.17) is 14.2 Å². The van der Waals surface area contributed by atoms with Crippen LogP contribution in [0.25, 0.3) is 11.3 Å². The second-order valence-corrected chi connectivity index (χ2v) is 12.3. The van der Waals surface area contributed by atoms with Crippen molar-refractivity contribution in [3.8, 4) is 22.8 Å². The maximum Gasteiger partial charge on any atom is 0.433 e.